The monoisotopic (exact) mass is 306 g/mol. The smallest absolute Gasteiger partial charge is 0.283 e. The highest BCUT2D eigenvalue weighted by molar-refractivity contribution is 7.82. The average Bonchev–Trinajstić information content (AvgIpc) is 2.49. The molecule has 0 saturated carbocycles. The first kappa shape index (κ1) is 15.1. The number of hydrogen-bond donors (Lipinski definition) is 2. The van der Waals surface area contributed by atoms with Crippen LogP contribution in [0.5, 0.6) is 0 Å². The Balaban J connectivity index is 1.90. The number of anilines is 1. The summed E-state index contributed by atoms with van der Waals surface area (Å²) in [6.45, 7) is 0.408. The predicted octanol–water partition coefficient (Wildman–Crippen LogP) is 3.02. The van der Waals surface area contributed by atoms with E-state index in [0.29, 0.717) is 6.54 Å². The number of hydrogen-bond acceptors (Lipinski definition) is 2. The molecule has 0 unspecified atom stereocenters. The summed E-state index contributed by atoms with van der Waals surface area (Å²) >= 11 is 4.94. The van der Waals surface area contributed by atoms with E-state index in [1.807, 2.05) is 30.3 Å². The average molecular weight is 306 g/mol. The first-order valence-electron chi connectivity index (χ1n) is 6.14. The number of rotatable bonds is 3. The molecular formula is C15H12F2N2OS. The van der Waals surface area contributed by atoms with E-state index in [-0.39, 0.29) is 10.7 Å². The molecule has 0 heterocycles. The van der Waals surface area contributed by atoms with Gasteiger partial charge in [-0.1, -0.05) is 42.5 Å². The topological polar surface area (TPSA) is 41.1 Å². The minimum absolute atomic E-state index is 0.0245. The summed E-state index contributed by atoms with van der Waals surface area (Å²) in [4.78, 5) is 11.8. The summed E-state index contributed by atoms with van der Waals surface area (Å²) in [6, 6.07) is 12.5. The maximum atomic E-state index is 13.0. The van der Waals surface area contributed by atoms with E-state index in [1.54, 1.807) is 0 Å². The van der Waals surface area contributed by atoms with Gasteiger partial charge in [-0.15, -0.1) is 0 Å². The van der Waals surface area contributed by atoms with Crippen molar-refractivity contribution in [3.8, 4) is 0 Å². The van der Waals surface area contributed by atoms with E-state index >= 15 is 0 Å². The Labute approximate surface area is 126 Å². The van der Waals surface area contributed by atoms with Gasteiger partial charge in [0, 0.05) is 18.3 Å². The SMILES string of the molecule is O=C(Nc1ccc(F)c(F)c1)C(=S)NCc1ccccc1. The molecule has 0 aliphatic carbocycles. The molecular weight excluding hydrogens is 294 g/mol. The number of carbonyl (C=O) groups is 1. The first-order valence-corrected chi connectivity index (χ1v) is 6.55. The molecule has 3 nitrogen and oxygen atoms in total. The molecule has 1 amide bonds. The molecule has 0 atom stereocenters. The number of thiocarbonyl (C=S) groups is 1. The van der Waals surface area contributed by atoms with Gasteiger partial charge >= 0.3 is 0 Å². The maximum absolute atomic E-state index is 13.0. The Morgan fingerprint density at radius 2 is 1.76 bits per heavy atom. The van der Waals surface area contributed by atoms with Crippen LogP contribution in [0.2, 0.25) is 0 Å². The molecule has 108 valence electrons. The lowest BCUT2D eigenvalue weighted by molar-refractivity contribution is -0.110. The van der Waals surface area contributed by atoms with Crippen LogP contribution in [0.1, 0.15) is 5.56 Å². The molecule has 0 spiro atoms. The Kier molecular flexibility index (Phi) is 4.94. The van der Waals surface area contributed by atoms with Crippen LogP contribution in [-0.4, -0.2) is 10.9 Å². The molecule has 0 aliphatic rings. The molecule has 2 aromatic rings. The number of amides is 1. The number of carbonyl (C=O) groups excluding carboxylic acids is 1. The highest BCUT2D eigenvalue weighted by Crippen LogP contribution is 2.12. The Bertz CT molecular complexity index is 662. The van der Waals surface area contributed by atoms with Crippen molar-refractivity contribution in [2.75, 3.05) is 5.32 Å². The number of nitrogens with one attached hydrogen (secondary N) is 2. The minimum atomic E-state index is -1.03. The maximum Gasteiger partial charge on any atom is 0.283 e. The summed E-state index contributed by atoms with van der Waals surface area (Å²) in [6.07, 6.45) is 0. The van der Waals surface area contributed by atoms with Crippen LogP contribution in [0.25, 0.3) is 0 Å². The summed E-state index contributed by atoms with van der Waals surface area (Å²) < 4.78 is 25.8. The van der Waals surface area contributed by atoms with Gasteiger partial charge < -0.3 is 10.6 Å². The lowest BCUT2D eigenvalue weighted by Crippen LogP contribution is -2.33. The van der Waals surface area contributed by atoms with Crippen molar-refractivity contribution in [2.45, 2.75) is 6.54 Å². The van der Waals surface area contributed by atoms with Crippen molar-refractivity contribution in [1.29, 1.82) is 0 Å². The van der Waals surface area contributed by atoms with Crippen LogP contribution in [0.15, 0.2) is 48.5 Å². The first-order chi connectivity index (χ1) is 10.1. The minimum Gasteiger partial charge on any atom is -0.368 e. The fourth-order valence-corrected chi connectivity index (χ4v) is 1.74. The summed E-state index contributed by atoms with van der Waals surface area (Å²) in [7, 11) is 0. The lowest BCUT2D eigenvalue weighted by atomic mass is 10.2. The highest BCUT2D eigenvalue weighted by atomic mass is 32.1. The number of halogens is 2. The van der Waals surface area contributed by atoms with Crippen molar-refractivity contribution in [2.24, 2.45) is 0 Å². The fourth-order valence-electron chi connectivity index (χ4n) is 1.62. The van der Waals surface area contributed by atoms with Gasteiger partial charge in [-0.25, -0.2) is 8.78 Å². The largest absolute Gasteiger partial charge is 0.368 e. The number of benzene rings is 2. The molecule has 0 radical (unpaired) electrons. The summed E-state index contributed by atoms with van der Waals surface area (Å²) in [5, 5.41) is 5.19. The van der Waals surface area contributed by atoms with E-state index in [0.717, 1.165) is 17.7 Å². The molecule has 21 heavy (non-hydrogen) atoms. The van der Waals surface area contributed by atoms with Crippen LogP contribution in [0.3, 0.4) is 0 Å². The third-order valence-electron chi connectivity index (χ3n) is 2.68. The molecule has 2 aromatic carbocycles. The normalized spacial score (nSPS) is 10.0. The van der Waals surface area contributed by atoms with E-state index < -0.39 is 17.5 Å². The van der Waals surface area contributed by atoms with E-state index in [9.17, 15) is 13.6 Å². The second kappa shape index (κ2) is 6.90. The third kappa shape index (κ3) is 4.32. The standard InChI is InChI=1S/C15H12F2N2OS/c16-12-7-6-11(8-13(12)17)19-14(20)15(21)18-9-10-4-2-1-3-5-10/h1-8H,9H2,(H,18,21)(H,19,20). The Morgan fingerprint density at radius 3 is 2.43 bits per heavy atom. The van der Waals surface area contributed by atoms with Gasteiger partial charge in [-0.2, -0.15) is 0 Å². The molecule has 2 rings (SSSR count). The van der Waals surface area contributed by atoms with Gasteiger partial charge in [-0.3, -0.25) is 4.79 Å². The predicted molar refractivity (Wildman–Crippen MR) is 80.9 cm³/mol. The Morgan fingerprint density at radius 1 is 1.05 bits per heavy atom. The van der Waals surface area contributed by atoms with E-state index in [1.165, 1.54) is 6.07 Å². The van der Waals surface area contributed by atoms with Crippen LogP contribution in [-0.2, 0) is 11.3 Å². The van der Waals surface area contributed by atoms with Crippen LogP contribution in [0, 0.1) is 11.6 Å². The van der Waals surface area contributed by atoms with Crippen molar-refractivity contribution in [3.63, 3.8) is 0 Å². The van der Waals surface area contributed by atoms with Crippen LogP contribution >= 0.6 is 12.2 Å². The van der Waals surface area contributed by atoms with Gasteiger partial charge in [0.15, 0.2) is 16.6 Å². The Hall–Kier alpha value is -2.34. The van der Waals surface area contributed by atoms with Gasteiger partial charge in [0.1, 0.15) is 0 Å². The van der Waals surface area contributed by atoms with Crippen molar-refractivity contribution < 1.29 is 13.6 Å². The molecule has 2 N–H and O–H groups in total. The molecule has 0 aromatic heterocycles. The second-order valence-corrected chi connectivity index (χ2v) is 4.66. The zero-order chi connectivity index (χ0) is 15.2. The fraction of sp³-hybridized carbons (Fsp3) is 0.0667. The van der Waals surface area contributed by atoms with Crippen molar-refractivity contribution >= 4 is 28.8 Å². The van der Waals surface area contributed by atoms with Crippen LogP contribution in [0.4, 0.5) is 14.5 Å². The highest BCUT2D eigenvalue weighted by Gasteiger charge is 2.10. The molecule has 6 heteroatoms. The third-order valence-corrected chi connectivity index (χ3v) is 3.01. The van der Waals surface area contributed by atoms with Crippen molar-refractivity contribution in [3.05, 3.63) is 65.7 Å². The lowest BCUT2D eigenvalue weighted by Gasteiger charge is -2.09. The molecule has 0 aliphatic heterocycles. The summed E-state index contributed by atoms with van der Waals surface area (Å²) in [5.74, 6) is -2.58. The van der Waals surface area contributed by atoms with Gasteiger partial charge in [-0.05, 0) is 17.7 Å². The molecule has 0 bridgehead atoms. The molecule has 0 fully saturated rings. The quantitative estimate of drug-likeness (QED) is 0.857. The van der Waals surface area contributed by atoms with Gasteiger partial charge in [0.2, 0.25) is 0 Å². The van der Waals surface area contributed by atoms with Crippen LogP contribution < -0.4 is 10.6 Å². The summed E-state index contributed by atoms with van der Waals surface area (Å²) in [5.41, 5.74) is 1.11. The van der Waals surface area contributed by atoms with E-state index in [4.69, 9.17) is 12.2 Å². The second-order valence-electron chi connectivity index (χ2n) is 4.25. The van der Waals surface area contributed by atoms with Gasteiger partial charge in [0.25, 0.3) is 5.91 Å². The van der Waals surface area contributed by atoms with Gasteiger partial charge in [0.05, 0.1) is 0 Å². The zero-order valence-electron chi connectivity index (χ0n) is 10.9. The van der Waals surface area contributed by atoms with E-state index in [2.05, 4.69) is 10.6 Å². The molecule has 0 saturated heterocycles. The zero-order valence-corrected chi connectivity index (χ0v) is 11.7. The van der Waals surface area contributed by atoms with Crippen molar-refractivity contribution in [1.82, 2.24) is 5.32 Å².